The molecule has 0 radical (unpaired) electrons. The minimum atomic E-state index is -0.539. The predicted molar refractivity (Wildman–Crippen MR) is 48.0 cm³/mol. The Bertz CT molecular complexity index is 301. The molecule has 0 saturated carbocycles. The van der Waals surface area contributed by atoms with Crippen molar-refractivity contribution in [2.75, 3.05) is 6.61 Å². The Morgan fingerprint density at radius 2 is 2.42 bits per heavy atom. The van der Waals surface area contributed by atoms with Crippen molar-refractivity contribution in [2.45, 2.75) is 0 Å². The van der Waals surface area contributed by atoms with Crippen molar-refractivity contribution in [2.24, 2.45) is 0 Å². The molecule has 4 heteroatoms. The first-order valence-electron chi connectivity index (χ1n) is 3.32. The lowest BCUT2D eigenvalue weighted by Crippen LogP contribution is -1.87. The van der Waals surface area contributed by atoms with Crippen molar-refractivity contribution in [3.8, 4) is 0 Å². The van der Waals surface area contributed by atoms with Crippen LogP contribution >= 0.6 is 15.9 Å². The van der Waals surface area contributed by atoms with Crippen LogP contribution in [0.2, 0.25) is 0 Å². The molecule has 1 N–H and O–H groups in total. The normalized spacial score (nSPS) is 10.9. The second-order valence-corrected chi connectivity index (χ2v) is 3.03. The lowest BCUT2D eigenvalue weighted by molar-refractivity contribution is 0.343. The summed E-state index contributed by atoms with van der Waals surface area (Å²) in [4.78, 5) is 3.49. The molecule has 0 atom stereocenters. The van der Waals surface area contributed by atoms with E-state index >= 15 is 0 Å². The van der Waals surface area contributed by atoms with Crippen LogP contribution in [0.1, 0.15) is 5.56 Å². The molecule has 64 valence electrons. The van der Waals surface area contributed by atoms with Gasteiger partial charge in [-0.1, -0.05) is 12.2 Å². The third-order valence-corrected chi connectivity index (χ3v) is 1.67. The average molecular weight is 232 g/mol. The highest BCUT2D eigenvalue weighted by atomic mass is 79.9. The molecule has 0 fully saturated rings. The first kappa shape index (κ1) is 9.35. The Balaban J connectivity index is 2.97. The molecule has 0 amide bonds. The molecule has 0 spiro atoms. The Morgan fingerprint density at radius 3 is 3.08 bits per heavy atom. The summed E-state index contributed by atoms with van der Waals surface area (Å²) in [6, 6.07) is 1.59. The molecule has 0 aromatic carbocycles. The maximum Gasteiger partial charge on any atom is 0.220 e. The van der Waals surface area contributed by atoms with Gasteiger partial charge >= 0.3 is 0 Å². The van der Waals surface area contributed by atoms with Gasteiger partial charge in [-0.05, 0) is 22.0 Å². The molecule has 1 heterocycles. The maximum absolute atomic E-state index is 12.8. The highest BCUT2D eigenvalue weighted by molar-refractivity contribution is 9.10. The van der Waals surface area contributed by atoms with Gasteiger partial charge in [0.05, 0.1) is 6.61 Å². The molecular weight excluding hydrogens is 225 g/mol. The summed E-state index contributed by atoms with van der Waals surface area (Å²) in [6.45, 7) is -0.105. The van der Waals surface area contributed by atoms with Gasteiger partial charge in [-0.3, -0.25) is 0 Å². The smallest absolute Gasteiger partial charge is 0.220 e. The monoisotopic (exact) mass is 231 g/mol. The summed E-state index contributed by atoms with van der Waals surface area (Å²) in [6.07, 6.45) is 4.31. The number of aliphatic hydroxyl groups excluding tert-OH is 1. The molecular formula is C8H7BrFNO. The van der Waals surface area contributed by atoms with Gasteiger partial charge in [0.1, 0.15) is 0 Å². The zero-order chi connectivity index (χ0) is 8.97. The van der Waals surface area contributed by atoms with Crippen LogP contribution < -0.4 is 0 Å². The van der Waals surface area contributed by atoms with Gasteiger partial charge in [-0.25, -0.2) is 4.98 Å². The van der Waals surface area contributed by atoms with Crippen LogP contribution in [0.3, 0.4) is 0 Å². The summed E-state index contributed by atoms with van der Waals surface area (Å²) in [5.74, 6) is -0.539. The van der Waals surface area contributed by atoms with Crippen molar-refractivity contribution in [1.82, 2.24) is 4.98 Å². The zero-order valence-corrected chi connectivity index (χ0v) is 7.75. The fourth-order valence-electron chi connectivity index (χ4n) is 0.735. The van der Waals surface area contributed by atoms with Crippen molar-refractivity contribution < 1.29 is 9.50 Å². The van der Waals surface area contributed by atoms with Gasteiger partial charge in [0.25, 0.3) is 0 Å². The molecule has 0 aliphatic carbocycles. The largest absolute Gasteiger partial charge is 0.392 e. The van der Waals surface area contributed by atoms with Gasteiger partial charge < -0.3 is 5.11 Å². The fourth-order valence-corrected chi connectivity index (χ4v) is 1.08. The van der Waals surface area contributed by atoms with Crippen LogP contribution in [0.5, 0.6) is 0 Å². The summed E-state index contributed by atoms with van der Waals surface area (Å²) in [7, 11) is 0. The lowest BCUT2D eigenvalue weighted by Gasteiger charge is -1.95. The van der Waals surface area contributed by atoms with E-state index in [9.17, 15) is 4.39 Å². The van der Waals surface area contributed by atoms with E-state index in [1.807, 2.05) is 0 Å². The molecule has 0 aliphatic rings. The van der Waals surface area contributed by atoms with Gasteiger partial charge in [-0.15, -0.1) is 0 Å². The third-order valence-electron chi connectivity index (χ3n) is 1.24. The average Bonchev–Trinajstić information content (AvgIpc) is 2.07. The van der Waals surface area contributed by atoms with Crippen LogP contribution in [0.4, 0.5) is 4.39 Å². The number of halogens is 2. The van der Waals surface area contributed by atoms with E-state index in [2.05, 4.69) is 20.9 Å². The van der Waals surface area contributed by atoms with Gasteiger partial charge in [0.15, 0.2) is 0 Å². The quantitative estimate of drug-likeness (QED) is 0.791. The van der Waals surface area contributed by atoms with Crippen LogP contribution in [-0.4, -0.2) is 16.7 Å². The highest BCUT2D eigenvalue weighted by Gasteiger charge is 1.99. The van der Waals surface area contributed by atoms with E-state index in [4.69, 9.17) is 5.11 Å². The molecule has 1 rings (SSSR count). The summed E-state index contributed by atoms with van der Waals surface area (Å²) < 4.78 is 13.5. The fraction of sp³-hybridized carbons (Fsp3) is 0.125. The predicted octanol–water partition coefficient (Wildman–Crippen LogP) is 1.99. The molecule has 0 saturated heterocycles. The minimum Gasteiger partial charge on any atom is -0.392 e. The number of rotatable bonds is 2. The summed E-state index contributed by atoms with van der Waals surface area (Å²) in [5, 5.41) is 8.45. The minimum absolute atomic E-state index is 0.105. The maximum atomic E-state index is 12.8. The van der Waals surface area contributed by atoms with Gasteiger partial charge in [-0.2, -0.15) is 4.39 Å². The van der Waals surface area contributed by atoms with Crippen molar-refractivity contribution >= 4 is 22.0 Å². The second kappa shape index (κ2) is 4.33. The van der Waals surface area contributed by atoms with Crippen LogP contribution in [0, 0.1) is 5.95 Å². The van der Waals surface area contributed by atoms with E-state index in [0.717, 1.165) is 0 Å². The number of hydrogen-bond acceptors (Lipinski definition) is 2. The topological polar surface area (TPSA) is 33.1 Å². The van der Waals surface area contributed by atoms with E-state index in [0.29, 0.717) is 10.0 Å². The highest BCUT2D eigenvalue weighted by Crippen LogP contribution is 2.13. The Hall–Kier alpha value is -0.740. The lowest BCUT2D eigenvalue weighted by atomic mass is 10.2. The Morgan fingerprint density at radius 1 is 1.67 bits per heavy atom. The summed E-state index contributed by atoms with van der Waals surface area (Å²) >= 11 is 3.16. The van der Waals surface area contributed by atoms with E-state index in [1.165, 1.54) is 18.3 Å². The zero-order valence-electron chi connectivity index (χ0n) is 6.17. The molecule has 0 bridgehead atoms. The van der Waals surface area contributed by atoms with Crippen molar-refractivity contribution in [3.63, 3.8) is 0 Å². The molecule has 0 unspecified atom stereocenters. The molecule has 0 aliphatic heterocycles. The number of pyridine rings is 1. The SMILES string of the molecule is OC/C=C/c1cc(Br)cnc1F. The number of hydrogen-bond donors (Lipinski definition) is 1. The van der Waals surface area contributed by atoms with Crippen molar-refractivity contribution in [1.29, 1.82) is 0 Å². The number of aliphatic hydroxyl groups is 1. The number of aromatic nitrogens is 1. The van der Waals surface area contributed by atoms with Gasteiger partial charge in [0.2, 0.25) is 5.95 Å². The van der Waals surface area contributed by atoms with E-state index < -0.39 is 5.95 Å². The molecule has 1 aromatic rings. The number of nitrogens with zero attached hydrogens (tertiary/aromatic N) is 1. The van der Waals surface area contributed by atoms with Gasteiger partial charge in [0, 0.05) is 16.2 Å². The first-order chi connectivity index (χ1) is 5.74. The van der Waals surface area contributed by atoms with Crippen molar-refractivity contribution in [3.05, 3.63) is 34.3 Å². The first-order valence-corrected chi connectivity index (χ1v) is 4.12. The van der Waals surface area contributed by atoms with Crippen LogP contribution in [0.25, 0.3) is 6.08 Å². The Labute approximate surface area is 77.9 Å². The molecule has 2 nitrogen and oxygen atoms in total. The van der Waals surface area contributed by atoms with Crippen LogP contribution in [0.15, 0.2) is 22.8 Å². The van der Waals surface area contributed by atoms with E-state index in [-0.39, 0.29) is 6.61 Å². The molecule has 1 aromatic heterocycles. The standard InChI is InChI=1S/C8H7BrFNO/c9-7-4-6(2-1-3-12)8(10)11-5-7/h1-2,4-5,12H,3H2/b2-1+. The molecule has 12 heavy (non-hydrogen) atoms. The Kier molecular flexibility index (Phi) is 3.37. The van der Waals surface area contributed by atoms with E-state index in [1.54, 1.807) is 6.07 Å². The summed E-state index contributed by atoms with van der Waals surface area (Å²) in [5.41, 5.74) is 0.360. The second-order valence-electron chi connectivity index (χ2n) is 2.12. The van der Waals surface area contributed by atoms with Crippen LogP contribution in [-0.2, 0) is 0 Å². The third kappa shape index (κ3) is 2.39.